The summed E-state index contributed by atoms with van der Waals surface area (Å²) in [6.07, 6.45) is 6.94. The third-order valence-corrected chi connectivity index (χ3v) is 10.0. The molecule has 1 aromatic heterocycles. The molecule has 0 spiro atoms. The zero-order valence-electron chi connectivity index (χ0n) is 16.3. The van der Waals surface area contributed by atoms with E-state index in [4.69, 9.17) is 23.2 Å². The van der Waals surface area contributed by atoms with Crippen molar-refractivity contribution in [2.24, 2.45) is 0 Å². The van der Waals surface area contributed by atoms with Crippen LogP contribution in [-0.4, -0.2) is 54.4 Å². The number of allylic oxidation sites excluding steroid dienone is 2. The number of piperidine rings is 1. The van der Waals surface area contributed by atoms with E-state index < -0.39 is 15.0 Å². The predicted octanol–water partition coefficient (Wildman–Crippen LogP) is 5.29. The third-order valence-electron chi connectivity index (χ3n) is 5.16. The molecule has 10 heteroatoms. The molecule has 0 saturated carbocycles. The van der Waals surface area contributed by atoms with Crippen LogP contribution in [-0.2, 0) is 4.79 Å². The molecule has 2 aliphatic rings. The minimum absolute atomic E-state index is 0.143. The Morgan fingerprint density at radius 1 is 1.10 bits per heavy atom. The molecule has 1 aromatic carbocycles. The molecule has 0 radical (unpaired) electrons. The van der Waals surface area contributed by atoms with E-state index in [9.17, 15) is 9.59 Å². The van der Waals surface area contributed by atoms with Gasteiger partial charge in [-0.2, -0.15) is 0 Å². The number of hydrogen-bond acceptors (Lipinski definition) is 3. The summed E-state index contributed by atoms with van der Waals surface area (Å²) in [5, 5.41) is 5.55. The van der Waals surface area contributed by atoms with Gasteiger partial charge in [-0.25, -0.2) is 0 Å². The van der Waals surface area contributed by atoms with Crippen LogP contribution in [0, 0.1) is 0 Å². The van der Waals surface area contributed by atoms with Gasteiger partial charge in [0, 0.05) is 0 Å². The molecule has 2 aromatic rings. The van der Waals surface area contributed by atoms with Gasteiger partial charge in [-0.1, -0.05) is 0 Å². The molecule has 164 valence electrons. The maximum atomic E-state index is 13.1. The second kappa shape index (κ2) is 9.94. The first-order chi connectivity index (χ1) is 14.8. The minimum atomic E-state index is -0.601. The maximum absolute atomic E-state index is 13.1. The molecular weight excluding hydrogens is 636 g/mol. The summed E-state index contributed by atoms with van der Waals surface area (Å²) in [5.74, 6) is -0.451. The summed E-state index contributed by atoms with van der Waals surface area (Å²) in [6.45, 7) is 1.43. The Kier molecular flexibility index (Phi) is 7.46. The van der Waals surface area contributed by atoms with Gasteiger partial charge in [0.25, 0.3) is 0 Å². The van der Waals surface area contributed by atoms with E-state index in [2.05, 4.69) is 37.0 Å². The normalized spacial score (nSPS) is 17.6. The van der Waals surface area contributed by atoms with E-state index in [1.165, 1.54) is 0 Å². The molecule has 5 nitrogen and oxygen atoms in total. The Morgan fingerprint density at radius 3 is 2.48 bits per heavy atom. The summed E-state index contributed by atoms with van der Waals surface area (Å²) in [5.41, 5.74) is 1.64. The summed E-state index contributed by atoms with van der Waals surface area (Å²) < 4.78 is 4.51. The number of nitrogens with zero attached hydrogens (tertiary/aromatic N) is 3. The fourth-order valence-corrected chi connectivity index (χ4v) is 8.39. The van der Waals surface area contributed by atoms with Crippen LogP contribution in [0.5, 0.6) is 0 Å². The molecular formula is C21H19Br2Cl2N3O2Se. The van der Waals surface area contributed by atoms with Gasteiger partial charge in [0.1, 0.15) is 0 Å². The van der Waals surface area contributed by atoms with Gasteiger partial charge >= 0.3 is 215 Å². The van der Waals surface area contributed by atoms with E-state index in [1.807, 2.05) is 12.2 Å². The van der Waals surface area contributed by atoms with Crippen molar-refractivity contribution in [1.29, 1.82) is 0 Å². The summed E-state index contributed by atoms with van der Waals surface area (Å²) in [7, 11) is 0. The molecule has 2 aliphatic heterocycles. The number of aromatic nitrogens is 2. The summed E-state index contributed by atoms with van der Waals surface area (Å²) >= 11 is 19.1. The fourth-order valence-electron chi connectivity index (χ4n) is 3.62. The zero-order chi connectivity index (χ0) is 22.1. The van der Waals surface area contributed by atoms with Gasteiger partial charge in [-0.15, -0.1) is 0 Å². The quantitative estimate of drug-likeness (QED) is 0.250. The molecule has 4 rings (SSSR count). The van der Waals surface area contributed by atoms with Gasteiger partial charge in [0.15, 0.2) is 0 Å². The van der Waals surface area contributed by atoms with Crippen LogP contribution in [0.1, 0.15) is 41.9 Å². The SMILES string of the molecule is O=C(CC(=O)N1CCCCC1)c1nn(-c2ccc(Cl)cc2Cl)c(C2=CC=C(Br)[SeH2]2)c1Br. The number of hydrogen-bond donors (Lipinski definition) is 0. The average molecular weight is 655 g/mol. The number of carbonyl (C=O) groups is 2. The van der Waals surface area contributed by atoms with Crippen molar-refractivity contribution in [1.82, 2.24) is 14.7 Å². The van der Waals surface area contributed by atoms with Crippen molar-refractivity contribution < 1.29 is 9.59 Å². The van der Waals surface area contributed by atoms with Gasteiger partial charge in [0.05, 0.1) is 0 Å². The number of carbonyl (C=O) groups excluding carboxylic acids is 2. The van der Waals surface area contributed by atoms with Crippen molar-refractivity contribution in [3.05, 3.63) is 59.6 Å². The number of benzene rings is 1. The van der Waals surface area contributed by atoms with E-state index in [1.54, 1.807) is 27.8 Å². The molecule has 3 heterocycles. The topological polar surface area (TPSA) is 55.2 Å². The van der Waals surface area contributed by atoms with Gasteiger partial charge in [-0.3, -0.25) is 0 Å². The molecule has 1 saturated heterocycles. The molecule has 0 atom stereocenters. The van der Waals surface area contributed by atoms with Crippen LogP contribution in [0.3, 0.4) is 0 Å². The van der Waals surface area contributed by atoms with Gasteiger partial charge in [0.2, 0.25) is 0 Å². The molecule has 31 heavy (non-hydrogen) atoms. The first-order valence-electron chi connectivity index (χ1n) is 9.75. The number of rotatable bonds is 5. The Balaban J connectivity index is 1.71. The van der Waals surface area contributed by atoms with Crippen LogP contribution in [0.2, 0.25) is 10.0 Å². The van der Waals surface area contributed by atoms with Crippen molar-refractivity contribution in [2.45, 2.75) is 25.7 Å². The van der Waals surface area contributed by atoms with Gasteiger partial charge < -0.3 is 0 Å². The average Bonchev–Trinajstić information content (AvgIpc) is 3.31. The number of amides is 1. The first-order valence-corrected chi connectivity index (χ1v) is 14.2. The van der Waals surface area contributed by atoms with Crippen molar-refractivity contribution >= 4 is 86.2 Å². The van der Waals surface area contributed by atoms with Crippen LogP contribution in [0.25, 0.3) is 10.2 Å². The number of ketones is 1. The van der Waals surface area contributed by atoms with E-state index in [0.29, 0.717) is 33.3 Å². The first kappa shape index (κ1) is 23.3. The Morgan fingerprint density at radius 2 is 1.84 bits per heavy atom. The Labute approximate surface area is 213 Å². The number of Topliss-reactive ketones (excluding diaryl/α,β-unsaturated/α-hetero) is 1. The monoisotopic (exact) mass is 653 g/mol. The molecule has 0 N–H and O–H groups in total. The second-order valence-electron chi connectivity index (χ2n) is 7.28. The number of halogens is 4. The molecule has 0 unspecified atom stereocenters. The van der Waals surface area contributed by atoms with Crippen molar-refractivity contribution in [2.75, 3.05) is 13.1 Å². The second-order valence-corrected chi connectivity index (χ2v) is 14.1. The van der Waals surface area contributed by atoms with Crippen LogP contribution in [0.4, 0.5) is 0 Å². The van der Waals surface area contributed by atoms with Crippen LogP contribution < -0.4 is 0 Å². The van der Waals surface area contributed by atoms with Gasteiger partial charge in [-0.05, 0) is 0 Å². The standard InChI is InChI=1S/C21H19Br2Cl2N3O2Se/c22-17-7-6-16(31-17)21-19(23)20(15(29)11-18(30)27-8-2-1-3-9-27)26-28(21)14-5-4-12(24)10-13(14)25/h4-7,10H,1-3,8-9,11,31H2. The van der Waals surface area contributed by atoms with E-state index in [-0.39, 0.29) is 23.8 Å². The molecule has 0 aliphatic carbocycles. The Hall–Kier alpha value is -0.891. The fraction of sp³-hybridized carbons (Fsp3) is 0.286. The molecule has 1 amide bonds. The van der Waals surface area contributed by atoms with Crippen LogP contribution >= 0.6 is 55.1 Å². The van der Waals surface area contributed by atoms with E-state index in [0.717, 1.165) is 32.8 Å². The molecule has 0 bridgehead atoms. The van der Waals surface area contributed by atoms with Crippen molar-refractivity contribution in [3.63, 3.8) is 0 Å². The van der Waals surface area contributed by atoms with Crippen molar-refractivity contribution in [3.8, 4) is 5.69 Å². The number of likely N-dealkylation sites (tertiary alicyclic amines) is 1. The Bertz CT molecular complexity index is 1120. The zero-order valence-corrected chi connectivity index (χ0v) is 23.1. The predicted molar refractivity (Wildman–Crippen MR) is 134 cm³/mol. The van der Waals surface area contributed by atoms with Crippen LogP contribution in [0.15, 0.2) is 38.2 Å². The third kappa shape index (κ3) is 5.05. The van der Waals surface area contributed by atoms with E-state index >= 15 is 0 Å². The summed E-state index contributed by atoms with van der Waals surface area (Å²) in [6, 6.07) is 5.16. The molecule has 1 fully saturated rings. The summed E-state index contributed by atoms with van der Waals surface area (Å²) in [4.78, 5) is 27.5.